The molecule has 160 valence electrons. The van der Waals surface area contributed by atoms with Crippen molar-refractivity contribution in [2.45, 2.75) is 18.7 Å². The zero-order valence-electron chi connectivity index (χ0n) is 17.1. The summed E-state index contributed by atoms with van der Waals surface area (Å²) in [6.07, 6.45) is 1.50. The van der Waals surface area contributed by atoms with Gasteiger partial charge in [-0.05, 0) is 49.2 Å². The fourth-order valence-corrected chi connectivity index (χ4v) is 4.55. The van der Waals surface area contributed by atoms with Crippen molar-refractivity contribution in [3.63, 3.8) is 0 Å². The van der Waals surface area contributed by atoms with Gasteiger partial charge in [-0.2, -0.15) is 5.10 Å². The lowest BCUT2D eigenvalue weighted by Gasteiger charge is -2.25. The second-order valence-corrected chi connectivity index (χ2v) is 9.18. The minimum Gasteiger partial charge on any atom is -0.271 e. The van der Waals surface area contributed by atoms with Gasteiger partial charge in [0.2, 0.25) is 0 Å². The zero-order chi connectivity index (χ0) is 22.4. The maximum absolute atomic E-state index is 13.3. The van der Waals surface area contributed by atoms with E-state index in [1.807, 2.05) is 31.2 Å². The lowest BCUT2D eigenvalue weighted by molar-refractivity contribution is -0.119. The Balaban J connectivity index is 1.87. The summed E-state index contributed by atoms with van der Waals surface area (Å²) in [4.78, 5) is 12.7. The van der Waals surface area contributed by atoms with Crippen molar-refractivity contribution in [2.75, 3.05) is 10.8 Å². The van der Waals surface area contributed by atoms with Crippen LogP contribution in [0, 0.1) is 13.8 Å². The maximum Gasteiger partial charge on any atom is 0.264 e. The summed E-state index contributed by atoms with van der Waals surface area (Å²) < 4.78 is 27.7. The lowest BCUT2D eigenvalue weighted by atomic mass is 10.2. The summed E-state index contributed by atoms with van der Waals surface area (Å²) in [6.45, 7) is 3.23. The van der Waals surface area contributed by atoms with E-state index in [1.165, 1.54) is 18.3 Å². The van der Waals surface area contributed by atoms with Gasteiger partial charge in [-0.3, -0.25) is 9.10 Å². The fourth-order valence-electron chi connectivity index (χ4n) is 2.88. The number of hydrogen-bond donors (Lipinski definition) is 1. The van der Waals surface area contributed by atoms with Crippen molar-refractivity contribution >= 4 is 39.4 Å². The van der Waals surface area contributed by atoms with Crippen LogP contribution in [0.5, 0.6) is 0 Å². The van der Waals surface area contributed by atoms with Gasteiger partial charge in [0, 0.05) is 5.02 Å². The molecule has 0 saturated carbocycles. The molecule has 0 radical (unpaired) electrons. The van der Waals surface area contributed by atoms with Crippen molar-refractivity contribution in [3.05, 3.63) is 94.5 Å². The lowest BCUT2D eigenvalue weighted by Crippen LogP contribution is -2.40. The normalized spacial score (nSPS) is 11.5. The van der Waals surface area contributed by atoms with Crippen LogP contribution in [0.2, 0.25) is 5.02 Å². The number of rotatable bonds is 7. The summed E-state index contributed by atoms with van der Waals surface area (Å²) in [5.41, 5.74) is 5.20. The van der Waals surface area contributed by atoms with E-state index in [1.54, 1.807) is 43.3 Å². The Morgan fingerprint density at radius 1 is 1.00 bits per heavy atom. The van der Waals surface area contributed by atoms with Crippen molar-refractivity contribution in [2.24, 2.45) is 5.10 Å². The molecule has 0 unspecified atom stereocenters. The van der Waals surface area contributed by atoms with Gasteiger partial charge in [0.15, 0.2) is 0 Å². The van der Waals surface area contributed by atoms with E-state index >= 15 is 0 Å². The summed E-state index contributed by atoms with van der Waals surface area (Å²) in [6, 6.07) is 20.5. The quantitative estimate of drug-likeness (QED) is 0.426. The molecule has 0 atom stereocenters. The molecule has 0 aromatic heterocycles. The first-order valence-electron chi connectivity index (χ1n) is 9.50. The third-order valence-corrected chi connectivity index (χ3v) is 6.79. The monoisotopic (exact) mass is 455 g/mol. The molecule has 0 aliphatic heterocycles. The minimum absolute atomic E-state index is 0.0744. The highest BCUT2D eigenvalue weighted by Crippen LogP contribution is 2.30. The van der Waals surface area contributed by atoms with E-state index < -0.39 is 22.5 Å². The predicted octanol–water partition coefficient (Wildman–Crippen LogP) is 4.30. The van der Waals surface area contributed by atoms with Gasteiger partial charge in [-0.25, -0.2) is 13.8 Å². The molecule has 8 heteroatoms. The largest absolute Gasteiger partial charge is 0.271 e. The molecular weight excluding hydrogens is 434 g/mol. The van der Waals surface area contributed by atoms with Gasteiger partial charge in [-0.1, -0.05) is 65.7 Å². The zero-order valence-corrected chi connectivity index (χ0v) is 18.7. The topological polar surface area (TPSA) is 78.8 Å². The van der Waals surface area contributed by atoms with E-state index in [4.69, 9.17) is 11.6 Å². The summed E-state index contributed by atoms with van der Waals surface area (Å²) in [5.74, 6) is -0.581. The van der Waals surface area contributed by atoms with E-state index in [9.17, 15) is 13.2 Å². The molecule has 0 spiro atoms. The van der Waals surface area contributed by atoms with Crippen LogP contribution in [0.1, 0.15) is 16.7 Å². The van der Waals surface area contributed by atoms with Crippen LogP contribution in [-0.4, -0.2) is 27.1 Å². The molecule has 3 aromatic rings. The summed E-state index contributed by atoms with van der Waals surface area (Å²) in [5, 5.41) is 4.35. The predicted molar refractivity (Wildman–Crippen MR) is 124 cm³/mol. The molecule has 1 N–H and O–H groups in total. The highest BCUT2D eigenvalue weighted by atomic mass is 35.5. The molecule has 1 amide bonds. The van der Waals surface area contributed by atoms with E-state index in [-0.39, 0.29) is 4.90 Å². The van der Waals surface area contributed by atoms with Crippen molar-refractivity contribution in [1.29, 1.82) is 0 Å². The van der Waals surface area contributed by atoms with Crippen LogP contribution >= 0.6 is 11.6 Å². The van der Waals surface area contributed by atoms with Gasteiger partial charge in [0.1, 0.15) is 6.54 Å². The smallest absolute Gasteiger partial charge is 0.264 e. The first kappa shape index (κ1) is 22.5. The Kier molecular flexibility index (Phi) is 7.09. The number of carbonyl (C=O) groups excluding carboxylic acids is 1. The molecule has 3 rings (SSSR count). The minimum atomic E-state index is -4.01. The van der Waals surface area contributed by atoms with E-state index in [0.717, 1.165) is 15.4 Å². The fraction of sp³-hybridized carbons (Fsp3) is 0.130. The first-order chi connectivity index (χ1) is 14.8. The Morgan fingerprint density at radius 2 is 1.68 bits per heavy atom. The second kappa shape index (κ2) is 9.76. The standard InChI is InChI=1S/C23H22ClN3O3S/c1-17-11-13-19(14-12-17)15-25-26-23(28)16-27(22-10-6-9-21(24)18(22)2)31(29,30)20-7-4-3-5-8-20/h3-15H,16H2,1-2H3,(H,26,28)/b25-15-. The molecule has 0 bridgehead atoms. The number of hydrogen-bond acceptors (Lipinski definition) is 4. The summed E-state index contributed by atoms with van der Waals surface area (Å²) in [7, 11) is -4.01. The van der Waals surface area contributed by atoms with Crippen LogP contribution in [0.4, 0.5) is 5.69 Å². The van der Waals surface area contributed by atoms with Gasteiger partial charge in [0.05, 0.1) is 16.8 Å². The van der Waals surface area contributed by atoms with Gasteiger partial charge < -0.3 is 0 Å². The van der Waals surface area contributed by atoms with Gasteiger partial charge in [0.25, 0.3) is 15.9 Å². The Hall–Kier alpha value is -3.16. The molecule has 6 nitrogen and oxygen atoms in total. The van der Waals surface area contributed by atoms with Crippen molar-refractivity contribution in [1.82, 2.24) is 5.43 Å². The third kappa shape index (κ3) is 5.51. The number of halogens is 1. The van der Waals surface area contributed by atoms with Crippen LogP contribution in [0.15, 0.2) is 82.8 Å². The van der Waals surface area contributed by atoms with Crippen LogP contribution in [0.3, 0.4) is 0 Å². The highest BCUT2D eigenvalue weighted by Gasteiger charge is 2.28. The van der Waals surface area contributed by atoms with Gasteiger partial charge >= 0.3 is 0 Å². The maximum atomic E-state index is 13.3. The number of nitrogens with one attached hydrogen (secondary N) is 1. The van der Waals surface area contributed by atoms with Crippen LogP contribution < -0.4 is 9.73 Å². The number of anilines is 1. The van der Waals surface area contributed by atoms with Crippen LogP contribution in [-0.2, 0) is 14.8 Å². The number of sulfonamides is 1. The highest BCUT2D eigenvalue weighted by molar-refractivity contribution is 7.92. The Bertz CT molecular complexity index is 1190. The van der Waals surface area contributed by atoms with Crippen molar-refractivity contribution < 1.29 is 13.2 Å². The Labute approximate surface area is 187 Å². The molecule has 3 aromatic carbocycles. The summed E-state index contributed by atoms with van der Waals surface area (Å²) >= 11 is 6.21. The van der Waals surface area contributed by atoms with E-state index in [0.29, 0.717) is 16.3 Å². The molecule has 0 saturated heterocycles. The molecule has 0 aliphatic carbocycles. The number of aryl methyl sites for hydroxylation is 1. The number of carbonyl (C=O) groups is 1. The average molecular weight is 456 g/mol. The molecular formula is C23H22ClN3O3S. The average Bonchev–Trinajstić information content (AvgIpc) is 2.76. The first-order valence-corrected chi connectivity index (χ1v) is 11.3. The Morgan fingerprint density at radius 3 is 2.35 bits per heavy atom. The molecule has 31 heavy (non-hydrogen) atoms. The number of amides is 1. The SMILES string of the molecule is Cc1ccc(/C=N\NC(=O)CN(c2cccc(Cl)c2C)S(=O)(=O)c2ccccc2)cc1. The molecule has 0 heterocycles. The third-order valence-electron chi connectivity index (χ3n) is 4.61. The van der Waals surface area contributed by atoms with Crippen molar-refractivity contribution in [3.8, 4) is 0 Å². The number of hydrazone groups is 1. The van der Waals surface area contributed by atoms with Gasteiger partial charge in [-0.15, -0.1) is 0 Å². The number of nitrogens with zero attached hydrogens (tertiary/aromatic N) is 2. The number of benzene rings is 3. The van der Waals surface area contributed by atoms with E-state index in [2.05, 4.69) is 10.5 Å². The second-order valence-electron chi connectivity index (χ2n) is 6.91. The molecule has 0 fully saturated rings. The van der Waals surface area contributed by atoms with Crippen LogP contribution in [0.25, 0.3) is 0 Å². The molecule has 0 aliphatic rings.